The van der Waals surface area contributed by atoms with E-state index in [1.807, 2.05) is 36.7 Å². The van der Waals surface area contributed by atoms with Gasteiger partial charge in [0.2, 0.25) is 0 Å². The van der Waals surface area contributed by atoms with Crippen LogP contribution in [0.4, 0.5) is 0 Å². The van der Waals surface area contributed by atoms with Gasteiger partial charge in [0.05, 0.1) is 17.6 Å². The van der Waals surface area contributed by atoms with Crippen LogP contribution in [0.3, 0.4) is 0 Å². The van der Waals surface area contributed by atoms with Gasteiger partial charge in [0.15, 0.2) is 0 Å². The van der Waals surface area contributed by atoms with E-state index in [0.717, 1.165) is 42.6 Å². The molecule has 0 aliphatic heterocycles. The number of ether oxygens (including phenoxy) is 1. The molecule has 2 rings (SSSR count). The van der Waals surface area contributed by atoms with Crippen molar-refractivity contribution in [3.8, 4) is 17.0 Å². The molecule has 4 nitrogen and oxygen atoms in total. The van der Waals surface area contributed by atoms with Crippen LogP contribution in [0, 0.1) is 0 Å². The monoisotopic (exact) mass is 424 g/mol. The Morgan fingerprint density at radius 1 is 0.742 bits per heavy atom. The summed E-state index contributed by atoms with van der Waals surface area (Å²) >= 11 is 0. The molecule has 0 spiro atoms. The van der Waals surface area contributed by atoms with E-state index in [1.54, 1.807) is 0 Å². The second kappa shape index (κ2) is 15.6. The van der Waals surface area contributed by atoms with Gasteiger partial charge in [-0.1, -0.05) is 78.1 Å². The zero-order valence-corrected chi connectivity index (χ0v) is 19.6. The molecule has 1 aromatic carbocycles. The van der Waals surface area contributed by atoms with Gasteiger partial charge in [0.25, 0.3) is 0 Å². The molecule has 0 aliphatic rings. The van der Waals surface area contributed by atoms with Crippen molar-refractivity contribution in [2.45, 2.75) is 104 Å². The van der Waals surface area contributed by atoms with Crippen molar-refractivity contribution in [1.29, 1.82) is 0 Å². The zero-order chi connectivity index (χ0) is 22.2. The summed E-state index contributed by atoms with van der Waals surface area (Å²) in [5.41, 5.74) is 2.86. The Hall–Kier alpha value is -2.23. The number of rotatable bonds is 16. The molecule has 0 aliphatic carbocycles. The smallest absolute Gasteiger partial charge is 0.311 e. The summed E-state index contributed by atoms with van der Waals surface area (Å²) < 4.78 is 5.48. The summed E-state index contributed by atoms with van der Waals surface area (Å²) in [5, 5.41) is 0. The second-order valence-corrected chi connectivity index (χ2v) is 8.43. The van der Waals surface area contributed by atoms with Crippen LogP contribution in [0.2, 0.25) is 0 Å². The summed E-state index contributed by atoms with van der Waals surface area (Å²) in [5.74, 6) is 0.445. The van der Waals surface area contributed by atoms with E-state index in [1.165, 1.54) is 57.8 Å². The number of unbranched alkanes of at least 4 members (excludes halogenated alkanes) is 10. The third-order valence-corrected chi connectivity index (χ3v) is 5.61. The van der Waals surface area contributed by atoms with Gasteiger partial charge in [-0.25, -0.2) is 0 Å². The van der Waals surface area contributed by atoms with Crippen molar-refractivity contribution in [2.75, 3.05) is 0 Å². The van der Waals surface area contributed by atoms with Crippen LogP contribution in [0.15, 0.2) is 36.7 Å². The zero-order valence-electron chi connectivity index (χ0n) is 19.6. The van der Waals surface area contributed by atoms with Crippen LogP contribution >= 0.6 is 0 Å². The van der Waals surface area contributed by atoms with Crippen molar-refractivity contribution in [2.24, 2.45) is 0 Å². The fraction of sp³-hybridized carbons (Fsp3) is 0.593. The molecule has 1 aromatic heterocycles. The highest BCUT2D eigenvalue weighted by molar-refractivity contribution is 5.72. The highest BCUT2D eigenvalue weighted by atomic mass is 16.5. The van der Waals surface area contributed by atoms with Crippen LogP contribution in [0.5, 0.6) is 5.75 Å². The first-order valence-corrected chi connectivity index (χ1v) is 12.3. The lowest BCUT2D eigenvalue weighted by Crippen LogP contribution is -2.07. The molecular weight excluding hydrogens is 384 g/mol. The van der Waals surface area contributed by atoms with E-state index in [4.69, 9.17) is 4.74 Å². The van der Waals surface area contributed by atoms with Gasteiger partial charge in [0.1, 0.15) is 5.75 Å². The molecule has 0 amide bonds. The lowest BCUT2D eigenvalue weighted by molar-refractivity contribution is -0.134. The van der Waals surface area contributed by atoms with E-state index >= 15 is 0 Å². The summed E-state index contributed by atoms with van der Waals surface area (Å²) in [7, 11) is 0. The standard InChI is InChI=1S/C27H40N2O2/c1-3-5-7-8-9-10-11-12-14-16-27(30)31-25-19-17-23(18-20-25)26-22-28-24(21-29-26)15-13-6-4-2/h17-22H,3-16H2,1-2H3. The number of aromatic nitrogens is 2. The van der Waals surface area contributed by atoms with Crippen molar-refractivity contribution < 1.29 is 9.53 Å². The maximum Gasteiger partial charge on any atom is 0.311 e. The Kier molecular flexibility index (Phi) is 12.6. The topological polar surface area (TPSA) is 52.1 Å². The molecule has 0 saturated carbocycles. The van der Waals surface area contributed by atoms with E-state index in [0.29, 0.717) is 12.2 Å². The van der Waals surface area contributed by atoms with Crippen molar-refractivity contribution in [1.82, 2.24) is 9.97 Å². The van der Waals surface area contributed by atoms with E-state index < -0.39 is 0 Å². The maximum atomic E-state index is 12.1. The molecule has 1 heterocycles. The SMILES string of the molecule is CCCCCCCCCCCC(=O)Oc1ccc(-c2cnc(CCCCC)cn2)cc1. The van der Waals surface area contributed by atoms with Gasteiger partial charge in [-0.3, -0.25) is 14.8 Å². The number of benzene rings is 1. The second-order valence-electron chi connectivity index (χ2n) is 8.43. The van der Waals surface area contributed by atoms with E-state index in [2.05, 4.69) is 23.8 Å². The first-order chi connectivity index (χ1) is 15.2. The molecule has 4 heteroatoms. The quantitative estimate of drug-likeness (QED) is 0.157. The molecule has 0 atom stereocenters. The number of aryl methyl sites for hydroxylation is 1. The van der Waals surface area contributed by atoms with E-state index in [-0.39, 0.29) is 5.97 Å². The minimum Gasteiger partial charge on any atom is -0.427 e. The van der Waals surface area contributed by atoms with Crippen molar-refractivity contribution in [3.63, 3.8) is 0 Å². The van der Waals surface area contributed by atoms with Gasteiger partial charge in [-0.15, -0.1) is 0 Å². The average molecular weight is 425 g/mol. The summed E-state index contributed by atoms with van der Waals surface area (Å²) in [6.07, 6.45) is 19.9. The summed E-state index contributed by atoms with van der Waals surface area (Å²) in [4.78, 5) is 21.1. The number of hydrogen-bond acceptors (Lipinski definition) is 4. The number of esters is 1. The lowest BCUT2D eigenvalue weighted by atomic mass is 10.1. The Bertz CT molecular complexity index is 726. The molecular formula is C27H40N2O2. The van der Waals surface area contributed by atoms with Crippen LogP contribution < -0.4 is 4.74 Å². The molecule has 0 N–H and O–H groups in total. The molecule has 0 fully saturated rings. The Labute approximate surface area is 188 Å². The number of hydrogen-bond donors (Lipinski definition) is 0. The number of carbonyl (C=O) groups is 1. The Morgan fingerprint density at radius 2 is 1.35 bits per heavy atom. The lowest BCUT2D eigenvalue weighted by Gasteiger charge is -2.06. The first kappa shape index (κ1) is 25.0. The van der Waals surface area contributed by atoms with E-state index in [9.17, 15) is 4.79 Å². The molecule has 0 bridgehead atoms. The van der Waals surface area contributed by atoms with Crippen LogP contribution in [-0.2, 0) is 11.2 Å². The molecule has 0 radical (unpaired) electrons. The molecule has 0 unspecified atom stereocenters. The molecule has 170 valence electrons. The van der Waals surface area contributed by atoms with Crippen molar-refractivity contribution in [3.05, 3.63) is 42.4 Å². The predicted molar refractivity (Wildman–Crippen MR) is 128 cm³/mol. The number of carbonyl (C=O) groups excluding carboxylic acids is 1. The predicted octanol–water partition coefficient (Wildman–Crippen LogP) is 7.70. The molecule has 31 heavy (non-hydrogen) atoms. The third-order valence-electron chi connectivity index (χ3n) is 5.61. The van der Waals surface area contributed by atoms with Crippen LogP contribution in [-0.4, -0.2) is 15.9 Å². The normalized spacial score (nSPS) is 10.9. The minimum atomic E-state index is -0.146. The largest absolute Gasteiger partial charge is 0.427 e. The minimum absolute atomic E-state index is 0.146. The van der Waals surface area contributed by atoms with Gasteiger partial charge in [-0.2, -0.15) is 0 Å². The molecule has 0 saturated heterocycles. The number of nitrogens with zero attached hydrogens (tertiary/aromatic N) is 2. The fourth-order valence-corrected chi connectivity index (χ4v) is 3.65. The molecule has 2 aromatic rings. The maximum absolute atomic E-state index is 12.1. The fourth-order valence-electron chi connectivity index (χ4n) is 3.65. The van der Waals surface area contributed by atoms with Gasteiger partial charge in [-0.05, 0) is 43.5 Å². The highest BCUT2D eigenvalue weighted by Crippen LogP contribution is 2.21. The highest BCUT2D eigenvalue weighted by Gasteiger charge is 2.06. The van der Waals surface area contributed by atoms with Crippen LogP contribution in [0.1, 0.15) is 103 Å². The van der Waals surface area contributed by atoms with Gasteiger partial charge in [0, 0.05) is 18.2 Å². The Balaban J connectivity index is 1.65. The third kappa shape index (κ3) is 10.6. The first-order valence-electron chi connectivity index (χ1n) is 12.3. The Morgan fingerprint density at radius 3 is 1.97 bits per heavy atom. The van der Waals surface area contributed by atoms with Gasteiger partial charge < -0.3 is 4.74 Å². The van der Waals surface area contributed by atoms with Gasteiger partial charge >= 0.3 is 5.97 Å². The average Bonchev–Trinajstić information content (AvgIpc) is 2.79. The summed E-state index contributed by atoms with van der Waals surface area (Å²) in [6.45, 7) is 4.45. The summed E-state index contributed by atoms with van der Waals surface area (Å²) in [6, 6.07) is 7.53. The van der Waals surface area contributed by atoms with Crippen LogP contribution in [0.25, 0.3) is 11.3 Å². The van der Waals surface area contributed by atoms with Crippen molar-refractivity contribution >= 4 is 5.97 Å².